The van der Waals surface area contributed by atoms with Gasteiger partial charge in [0.15, 0.2) is 0 Å². The summed E-state index contributed by atoms with van der Waals surface area (Å²) in [7, 11) is -2.88. The van der Waals surface area contributed by atoms with Crippen molar-refractivity contribution in [2.24, 2.45) is 5.92 Å². The third-order valence-corrected chi connectivity index (χ3v) is 5.17. The standard InChI is InChI=1S/C12H18N2O2S/c1-2-17(15,16)8-9-3-4-10-6-11(13)7-14-12(10)5-9/h6-7,9H,2-5,8,13H2,1H3. The van der Waals surface area contributed by atoms with Crippen LogP contribution in [0.2, 0.25) is 0 Å². The largest absolute Gasteiger partial charge is 0.397 e. The lowest BCUT2D eigenvalue weighted by molar-refractivity contribution is 0.484. The second kappa shape index (κ2) is 4.64. The number of hydrogen-bond donors (Lipinski definition) is 1. The van der Waals surface area contributed by atoms with Gasteiger partial charge in [0.25, 0.3) is 0 Å². The van der Waals surface area contributed by atoms with Crippen molar-refractivity contribution in [3.8, 4) is 0 Å². The van der Waals surface area contributed by atoms with E-state index in [1.165, 1.54) is 5.56 Å². The van der Waals surface area contributed by atoms with Gasteiger partial charge in [0.2, 0.25) is 0 Å². The summed E-state index contributed by atoms with van der Waals surface area (Å²) in [6, 6.07) is 1.95. The zero-order chi connectivity index (χ0) is 12.5. The maximum Gasteiger partial charge on any atom is 0.150 e. The summed E-state index contributed by atoms with van der Waals surface area (Å²) in [4.78, 5) is 4.31. The maximum absolute atomic E-state index is 11.6. The van der Waals surface area contributed by atoms with E-state index >= 15 is 0 Å². The van der Waals surface area contributed by atoms with Gasteiger partial charge >= 0.3 is 0 Å². The van der Waals surface area contributed by atoms with Gasteiger partial charge < -0.3 is 5.73 Å². The molecule has 17 heavy (non-hydrogen) atoms. The molecule has 5 heteroatoms. The van der Waals surface area contributed by atoms with E-state index in [4.69, 9.17) is 5.73 Å². The van der Waals surface area contributed by atoms with Gasteiger partial charge in [0.05, 0.1) is 17.6 Å². The molecule has 1 aliphatic carbocycles. The van der Waals surface area contributed by atoms with Gasteiger partial charge in [-0.05, 0) is 36.8 Å². The minimum atomic E-state index is -2.88. The predicted octanol–water partition coefficient (Wildman–Crippen LogP) is 1.20. The number of rotatable bonds is 3. The number of fused-ring (bicyclic) bond motifs is 1. The first-order valence-electron chi connectivity index (χ1n) is 5.94. The van der Waals surface area contributed by atoms with Gasteiger partial charge in [-0.1, -0.05) is 6.92 Å². The van der Waals surface area contributed by atoms with Crippen LogP contribution >= 0.6 is 0 Å². The molecule has 4 nitrogen and oxygen atoms in total. The highest BCUT2D eigenvalue weighted by Gasteiger charge is 2.24. The predicted molar refractivity (Wildman–Crippen MR) is 68.5 cm³/mol. The van der Waals surface area contributed by atoms with Crippen LogP contribution in [0.15, 0.2) is 12.3 Å². The number of nitrogens with two attached hydrogens (primary N) is 1. The highest BCUT2D eigenvalue weighted by Crippen LogP contribution is 2.26. The van der Waals surface area contributed by atoms with Crippen molar-refractivity contribution >= 4 is 15.5 Å². The van der Waals surface area contributed by atoms with Crippen molar-refractivity contribution < 1.29 is 8.42 Å². The highest BCUT2D eigenvalue weighted by atomic mass is 32.2. The molecule has 0 aromatic carbocycles. The highest BCUT2D eigenvalue weighted by molar-refractivity contribution is 7.91. The topological polar surface area (TPSA) is 73.0 Å². The Morgan fingerprint density at radius 3 is 3.00 bits per heavy atom. The van der Waals surface area contributed by atoms with Crippen molar-refractivity contribution in [2.75, 3.05) is 17.2 Å². The Kier molecular flexibility index (Phi) is 3.38. The maximum atomic E-state index is 11.6. The minimum absolute atomic E-state index is 0.212. The number of aromatic nitrogens is 1. The van der Waals surface area contributed by atoms with Gasteiger partial charge in [0, 0.05) is 11.4 Å². The molecule has 0 amide bonds. The van der Waals surface area contributed by atoms with Crippen LogP contribution < -0.4 is 5.73 Å². The lowest BCUT2D eigenvalue weighted by Crippen LogP contribution is -2.24. The van der Waals surface area contributed by atoms with Gasteiger partial charge in [-0.15, -0.1) is 0 Å². The fourth-order valence-electron chi connectivity index (χ4n) is 2.31. The molecule has 0 radical (unpaired) electrons. The van der Waals surface area contributed by atoms with Crippen LogP contribution in [0.1, 0.15) is 24.6 Å². The van der Waals surface area contributed by atoms with Gasteiger partial charge in [-0.25, -0.2) is 8.42 Å². The molecule has 1 aromatic rings. The number of anilines is 1. The Hall–Kier alpha value is -1.10. The molecule has 2 rings (SSSR count). The second-order valence-electron chi connectivity index (χ2n) is 4.68. The Balaban J connectivity index is 2.12. The summed E-state index contributed by atoms with van der Waals surface area (Å²) < 4.78 is 23.2. The molecule has 1 aliphatic rings. The van der Waals surface area contributed by atoms with E-state index in [0.717, 1.165) is 25.0 Å². The van der Waals surface area contributed by atoms with E-state index in [9.17, 15) is 8.42 Å². The fraction of sp³-hybridized carbons (Fsp3) is 0.583. The third kappa shape index (κ3) is 2.97. The monoisotopic (exact) mass is 254 g/mol. The molecule has 1 heterocycles. The summed E-state index contributed by atoms with van der Waals surface area (Å²) >= 11 is 0. The van der Waals surface area contributed by atoms with E-state index in [1.54, 1.807) is 13.1 Å². The van der Waals surface area contributed by atoms with Crippen molar-refractivity contribution in [2.45, 2.75) is 26.2 Å². The molecule has 0 saturated heterocycles. The van der Waals surface area contributed by atoms with Crippen LogP contribution in [0.25, 0.3) is 0 Å². The summed E-state index contributed by atoms with van der Waals surface area (Å²) in [6.07, 6.45) is 4.21. The van der Waals surface area contributed by atoms with Crippen molar-refractivity contribution in [3.05, 3.63) is 23.5 Å². The van der Waals surface area contributed by atoms with Crippen LogP contribution in [0.3, 0.4) is 0 Å². The SMILES string of the molecule is CCS(=O)(=O)CC1CCc2cc(N)cnc2C1. The molecule has 1 atom stereocenters. The third-order valence-electron chi connectivity index (χ3n) is 3.31. The zero-order valence-corrected chi connectivity index (χ0v) is 10.8. The average Bonchev–Trinajstić information content (AvgIpc) is 2.29. The number of aryl methyl sites for hydroxylation is 1. The molecule has 0 bridgehead atoms. The summed E-state index contributed by atoms with van der Waals surface area (Å²) in [6.45, 7) is 1.70. The molecule has 0 saturated carbocycles. The van der Waals surface area contributed by atoms with Crippen molar-refractivity contribution in [1.29, 1.82) is 0 Å². The molecule has 0 spiro atoms. The Labute approximate surface area is 102 Å². The van der Waals surface area contributed by atoms with Gasteiger partial charge in [0.1, 0.15) is 9.84 Å². The molecular weight excluding hydrogens is 236 g/mol. The average molecular weight is 254 g/mol. The number of sulfone groups is 1. The smallest absolute Gasteiger partial charge is 0.150 e. The van der Waals surface area contributed by atoms with E-state index in [1.807, 2.05) is 6.07 Å². The van der Waals surface area contributed by atoms with E-state index in [-0.39, 0.29) is 17.4 Å². The van der Waals surface area contributed by atoms with Crippen molar-refractivity contribution in [1.82, 2.24) is 4.98 Å². The molecule has 1 unspecified atom stereocenters. The molecule has 2 N–H and O–H groups in total. The summed E-state index contributed by atoms with van der Waals surface area (Å²) in [5, 5.41) is 0. The van der Waals surface area contributed by atoms with Crippen LogP contribution in [-0.2, 0) is 22.7 Å². The number of nitrogens with zero attached hydrogens (tertiary/aromatic N) is 1. The lowest BCUT2D eigenvalue weighted by atomic mass is 9.88. The minimum Gasteiger partial charge on any atom is -0.397 e. The second-order valence-corrected chi connectivity index (χ2v) is 7.08. The first kappa shape index (κ1) is 12.4. The zero-order valence-electron chi connectivity index (χ0n) is 10.0. The summed E-state index contributed by atoms with van der Waals surface area (Å²) in [5.41, 5.74) is 8.56. The quantitative estimate of drug-likeness (QED) is 0.879. The van der Waals surface area contributed by atoms with Crippen LogP contribution in [-0.4, -0.2) is 24.9 Å². The molecule has 94 valence electrons. The Morgan fingerprint density at radius 1 is 1.53 bits per heavy atom. The van der Waals surface area contributed by atoms with Crippen LogP contribution in [0, 0.1) is 5.92 Å². The van der Waals surface area contributed by atoms with E-state index < -0.39 is 9.84 Å². The lowest BCUT2D eigenvalue weighted by Gasteiger charge is -2.23. The first-order chi connectivity index (χ1) is 8.00. The van der Waals surface area contributed by atoms with E-state index in [0.29, 0.717) is 5.69 Å². The van der Waals surface area contributed by atoms with Gasteiger partial charge in [-0.2, -0.15) is 0 Å². The number of hydrogen-bond acceptors (Lipinski definition) is 4. The molecule has 0 fully saturated rings. The molecular formula is C12H18N2O2S. The molecule has 1 aromatic heterocycles. The Bertz CT molecular complexity index is 511. The van der Waals surface area contributed by atoms with Gasteiger partial charge in [-0.3, -0.25) is 4.98 Å². The number of pyridine rings is 1. The van der Waals surface area contributed by atoms with Crippen LogP contribution in [0.4, 0.5) is 5.69 Å². The number of nitrogen functional groups attached to an aromatic ring is 1. The van der Waals surface area contributed by atoms with E-state index in [2.05, 4.69) is 4.98 Å². The van der Waals surface area contributed by atoms with Crippen molar-refractivity contribution in [3.63, 3.8) is 0 Å². The Morgan fingerprint density at radius 2 is 2.29 bits per heavy atom. The van der Waals surface area contributed by atoms with Crippen LogP contribution in [0.5, 0.6) is 0 Å². The fourth-order valence-corrected chi connectivity index (χ4v) is 3.55. The first-order valence-corrected chi connectivity index (χ1v) is 7.76. The summed E-state index contributed by atoms with van der Waals surface area (Å²) in [5.74, 6) is 0.726. The normalized spacial score (nSPS) is 19.9. The molecule has 0 aliphatic heterocycles.